The number of nitrogens with zero attached hydrogens (tertiary/aromatic N) is 2. The third kappa shape index (κ3) is 1.60. The molecule has 6 heteroatoms. The molecule has 0 fully saturated rings. The maximum Gasteiger partial charge on any atom is 0.285 e. The van der Waals surface area contributed by atoms with E-state index < -0.39 is 11.2 Å². The Balaban J connectivity index is 2.84. The summed E-state index contributed by atoms with van der Waals surface area (Å²) in [5, 5.41) is 20.6. The lowest BCUT2D eigenvalue weighted by molar-refractivity contribution is -0.384. The Bertz CT molecular complexity index is 554. The van der Waals surface area contributed by atoms with E-state index in [9.17, 15) is 15.2 Å². The molecule has 6 nitrogen and oxygen atoms in total. The molecule has 0 radical (unpaired) electrons. The molecule has 0 saturated heterocycles. The summed E-state index contributed by atoms with van der Waals surface area (Å²) >= 11 is 0. The molecule has 0 saturated carbocycles. The summed E-state index contributed by atoms with van der Waals surface area (Å²) < 4.78 is 0. The summed E-state index contributed by atoms with van der Waals surface area (Å²) in [5.74, 6) is 0. The number of hydrogen-bond acceptors (Lipinski definition) is 5. The molecule has 3 N–H and O–H groups in total. The average Bonchev–Trinajstić information content (AvgIpc) is 2.27. The number of pyridine rings is 1. The molecule has 1 atom stereocenters. The van der Waals surface area contributed by atoms with Crippen molar-refractivity contribution in [3.8, 4) is 0 Å². The molecule has 1 unspecified atom stereocenters. The normalized spacial score (nSPS) is 12.6. The first-order valence-corrected chi connectivity index (χ1v) is 4.57. The van der Waals surface area contributed by atoms with Gasteiger partial charge in [0.15, 0.2) is 0 Å². The van der Waals surface area contributed by atoms with Gasteiger partial charge in [-0.3, -0.25) is 15.1 Å². The number of nitro benzene ring substituents is 1. The zero-order valence-corrected chi connectivity index (χ0v) is 8.20. The fraction of sp³-hybridized carbons (Fsp3) is 0.100. The highest BCUT2D eigenvalue weighted by molar-refractivity contribution is 5.89. The van der Waals surface area contributed by atoms with Crippen molar-refractivity contribution in [3.05, 3.63) is 46.1 Å². The van der Waals surface area contributed by atoms with Crippen LogP contribution in [0.15, 0.2) is 30.5 Å². The zero-order valence-electron chi connectivity index (χ0n) is 8.20. The van der Waals surface area contributed by atoms with Crippen LogP contribution < -0.4 is 5.73 Å². The average molecular weight is 219 g/mol. The van der Waals surface area contributed by atoms with Gasteiger partial charge in [0, 0.05) is 6.20 Å². The van der Waals surface area contributed by atoms with Gasteiger partial charge in [-0.1, -0.05) is 0 Å². The SMILES string of the molecule is NC(O)c1ccc2ncccc2c1[N+](=O)[O-]. The van der Waals surface area contributed by atoms with Crippen LogP contribution in [0.5, 0.6) is 0 Å². The number of rotatable bonds is 2. The molecule has 2 rings (SSSR count). The molecule has 0 aliphatic carbocycles. The summed E-state index contributed by atoms with van der Waals surface area (Å²) in [6.45, 7) is 0. The first-order valence-electron chi connectivity index (χ1n) is 4.57. The number of aliphatic hydroxyl groups is 1. The summed E-state index contributed by atoms with van der Waals surface area (Å²) in [5.41, 5.74) is 5.67. The number of aliphatic hydroxyl groups excluding tert-OH is 1. The van der Waals surface area contributed by atoms with E-state index in [-0.39, 0.29) is 11.3 Å². The van der Waals surface area contributed by atoms with E-state index in [4.69, 9.17) is 5.73 Å². The van der Waals surface area contributed by atoms with Crippen LogP contribution in [0.4, 0.5) is 5.69 Å². The summed E-state index contributed by atoms with van der Waals surface area (Å²) in [4.78, 5) is 14.4. The van der Waals surface area contributed by atoms with Crippen LogP contribution in [0.25, 0.3) is 10.9 Å². The van der Waals surface area contributed by atoms with Crippen LogP contribution >= 0.6 is 0 Å². The molecule has 0 aliphatic rings. The Labute approximate surface area is 90.5 Å². The highest BCUT2D eigenvalue weighted by Gasteiger charge is 2.21. The Morgan fingerprint density at radius 3 is 2.81 bits per heavy atom. The standard InChI is InChI=1S/C10H9N3O3/c11-10(14)7-3-4-8-6(2-1-5-12-8)9(7)13(15)16/h1-5,10,14H,11H2. The first kappa shape index (κ1) is 10.5. The van der Waals surface area contributed by atoms with Crippen molar-refractivity contribution in [1.29, 1.82) is 0 Å². The van der Waals surface area contributed by atoms with Gasteiger partial charge >= 0.3 is 0 Å². The minimum absolute atomic E-state index is 0.0884. The Morgan fingerprint density at radius 2 is 2.19 bits per heavy atom. The molecule has 0 amide bonds. The second-order valence-electron chi connectivity index (χ2n) is 3.28. The number of nitrogens with two attached hydrogens (primary N) is 1. The number of benzene rings is 1. The molecule has 1 aromatic carbocycles. The van der Waals surface area contributed by atoms with E-state index in [1.165, 1.54) is 6.07 Å². The summed E-state index contributed by atoms with van der Waals surface area (Å²) in [6.07, 6.45) is 0.176. The second-order valence-corrected chi connectivity index (χ2v) is 3.28. The van der Waals surface area contributed by atoms with E-state index >= 15 is 0 Å². The number of aromatic nitrogens is 1. The van der Waals surface area contributed by atoms with Gasteiger partial charge in [-0.2, -0.15) is 0 Å². The monoisotopic (exact) mass is 219 g/mol. The van der Waals surface area contributed by atoms with Crippen molar-refractivity contribution in [1.82, 2.24) is 4.98 Å². The fourth-order valence-electron chi connectivity index (χ4n) is 1.60. The van der Waals surface area contributed by atoms with E-state index in [0.717, 1.165) is 0 Å². The van der Waals surface area contributed by atoms with Crippen molar-refractivity contribution >= 4 is 16.6 Å². The van der Waals surface area contributed by atoms with Crippen molar-refractivity contribution in [2.75, 3.05) is 0 Å². The smallest absolute Gasteiger partial charge is 0.285 e. The van der Waals surface area contributed by atoms with Gasteiger partial charge in [0.1, 0.15) is 6.23 Å². The van der Waals surface area contributed by atoms with Crippen LogP contribution in [0.3, 0.4) is 0 Å². The van der Waals surface area contributed by atoms with Crippen molar-refractivity contribution < 1.29 is 10.0 Å². The van der Waals surface area contributed by atoms with Gasteiger partial charge in [0.05, 0.1) is 21.4 Å². The second kappa shape index (κ2) is 3.84. The fourth-order valence-corrected chi connectivity index (χ4v) is 1.60. The maximum absolute atomic E-state index is 11.0. The van der Waals surface area contributed by atoms with Crippen LogP contribution in [0, 0.1) is 10.1 Å². The maximum atomic E-state index is 11.0. The molecule has 16 heavy (non-hydrogen) atoms. The van der Waals surface area contributed by atoms with E-state index in [0.29, 0.717) is 10.9 Å². The van der Waals surface area contributed by atoms with E-state index in [1.807, 2.05) is 0 Å². The van der Waals surface area contributed by atoms with Gasteiger partial charge < -0.3 is 10.8 Å². The molecule has 0 bridgehead atoms. The molecule has 0 spiro atoms. The van der Waals surface area contributed by atoms with Gasteiger partial charge in [0.25, 0.3) is 5.69 Å². The van der Waals surface area contributed by atoms with E-state index in [1.54, 1.807) is 24.4 Å². The lowest BCUT2D eigenvalue weighted by atomic mass is 10.1. The van der Waals surface area contributed by atoms with Gasteiger partial charge in [-0.05, 0) is 24.3 Å². The summed E-state index contributed by atoms with van der Waals surface area (Å²) in [6, 6.07) is 6.18. The van der Waals surface area contributed by atoms with Crippen LogP contribution in [0.1, 0.15) is 11.8 Å². The lowest BCUT2D eigenvalue weighted by Crippen LogP contribution is -2.11. The first-order chi connectivity index (χ1) is 7.61. The summed E-state index contributed by atoms with van der Waals surface area (Å²) in [7, 11) is 0. The highest BCUT2D eigenvalue weighted by Crippen LogP contribution is 2.30. The van der Waals surface area contributed by atoms with Crippen molar-refractivity contribution in [3.63, 3.8) is 0 Å². The number of fused-ring (bicyclic) bond motifs is 1. The van der Waals surface area contributed by atoms with Crippen LogP contribution in [-0.2, 0) is 0 Å². The minimum Gasteiger partial charge on any atom is -0.374 e. The quantitative estimate of drug-likeness (QED) is 0.447. The third-order valence-electron chi connectivity index (χ3n) is 2.29. The molecule has 82 valence electrons. The predicted molar refractivity (Wildman–Crippen MR) is 57.5 cm³/mol. The van der Waals surface area contributed by atoms with Crippen LogP contribution in [-0.4, -0.2) is 15.0 Å². The highest BCUT2D eigenvalue weighted by atomic mass is 16.6. The van der Waals surface area contributed by atoms with Gasteiger partial charge in [0.2, 0.25) is 0 Å². The Kier molecular flexibility index (Phi) is 2.51. The van der Waals surface area contributed by atoms with E-state index in [2.05, 4.69) is 4.98 Å². The number of hydrogen-bond donors (Lipinski definition) is 2. The minimum atomic E-state index is -1.37. The molecular weight excluding hydrogens is 210 g/mol. The molecule has 2 aromatic rings. The molecule has 1 heterocycles. The predicted octanol–water partition coefficient (Wildman–Crippen LogP) is 1.09. The Hall–Kier alpha value is -2.05. The van der Waals surface area contributed by atoms with Crippen LogP contribution in [0.2, 0.25) is 0 Å². The van der Waals surface area contributed by atoms with Gasteiger partial charge in [-0.25, -0.2) is 0 Å². The zero-order chi connectivity index (χ0) is 11.7. The largest absolute Gasteiger partial charge is 0.374 e. The molecule has 1 aromatic heterocycles. The van der Waals surface area contributed by atoms with Crippen molar-refractivity contribution in [2.45, 2.75) is 6.23 Å². The topological polar surface area (TPSA) is 102 Å². The Morgan fingerprint density at radius 1 is 1.44 bits per heavy atom. The molecule has 0 aliphatic heterocycles. The van der Waals surface area contributed by atoms with Crippen molar-refractivity contribution in [2.24, 2.45) is 5.73 Å². The lowest BCUT2D eigenvalue weighted by Gasteiger charge is -2.07. The molecular formula is C10H9N3O3. The third-order valence-corrected chi connectivity index (χ3v) is 2.29. The number of nitro groups is 1. The van der Waals surface area contributed by atoms with Gasteiger partial charge in [-0.15, -0.1) is 0 Å².